The molecule has 0 aliphatic carbocycles. The summed E-state index contributed by atoms with van der Waals surface area (Å²) >= 11 is 0. The van der Waals surface area contributed by atoms with Crippen molar-refractivity contribution in [3.05, 3.63) is 58.7 Å². The van der Waals surface area contributed by atoms with Crippen LogP contribution in [0.2, 0.25) is 0 Å². The van der Waals surface area contributed by atoms with Gasteiger partial charge in [-0.1, -0.05) is 26.0 Å². The lowest BCUT2D eigenvalue weighted by Crippen LogP contribution is -2.19. The molecule has 0 fully saturated rings. The first-order valence-corrected chi connectivity index (χ1v) is 6.76. The van der Waals surface area contributed by atoms with Crippen molar-refractivity contribution < 1.29 is 20.4 Å². The number of rotatable bonds is 4. The first-order valence-electron chi connectivity index (χ1n) is 6.76. The molecule has 0 heterocycles. The molecule has 0 radical (unpaired) electrons. The second-order valence-corrected chi connectivity index (χ2v) is 5.63. The van der Waals surface area contributed by atoms with E-state index < -0.39 is 5.41 Å². The lowest BCUT2D eigenvalue weighted by Gasteiger charge is -2.27. The number of hydrogen-bond acceptors (Lipinski definition) is 4. The highest BCUT2D eigenvalue weighted by Gasteiger charge is 2.24. The van der Waals surface area contributed by atoms with Gasteiger partial charge in [0.15, 0.2) is 0 Å². The Morgan fingerprint density at radius 2 is 1.14 bits per heavy atom. The molecule has 0 bridgehead atoms. The van der Waals surface area contributed by atoms with Crippen LogP contribution in [0.1, 0.15) is 36.1 Å². The minimum Gasteiger partial charge on any atom is -0.508 e. The number of aromatic hydroxyl groups is 2. The third-order valence-electron chi connectivity index (χ3n) is 3.94. The molecule has 0 amide bonds. The number of benzene rings is 2. The average Bonchev–Trinajstić information content (AvgIpc) is 2.47. The summed E-state index contributed by atoms with van der Waals surface area (Å²) in [7, 11) is 0. The smallest absolute Gasteiger partial charge is 0.121 e. The Hall–Kier alpha value is -2.04. The molecule has 2 aromatic carbocycles. The molecule has 2 aromatic rings. The molecule has 0 unspecified atom stereocenters. The van der Waals surface area contributed by atoms with Crippen molar-refractivity contribution >= 4 is 0 Å². The van der Waals surface area contributed by atoms with E-state index in [1.165, 1.54) is 0 Å². The number of hydrogen-bond donors (Lipinski definition) is 4. The van der Waals surface area contributed by atoms with Gasteiger partial charge in [0.1, 0.15) is 11.5 Å². The minimum atomic E-state index is -0.394. The van der Waals surface area contributed by atoms with Gasteiger partial charge < -0.3 is 20.4 Å². The van der Waals surface area contributed by atoms with Gasteiger partial charge in [0.25, 0.3) is 0 Å². The maximum atomic E-state index is 9.66. The van der Waals surface area contributed by atoms with E-state index >= 15 is 0 Å². The second-order valence-electron chi connectivity index (χ2n) is 5.63. The lowest BCUT2D eigenvalue weighted by atomic mass is 9.77. The first kappa shape index (κ1) is 15.4. The molecule has 2 rings (SSSR count). The third kappa shape index (κ3) is 2.86. The van der Waals surface area contributed by atoms with Crippen LogP contribution in [0.25, 0.3) is 0 Å². The van der Waals surface area contributed by atoms with Gasteiger partial charge in [-0.05, 0) is 35.4 Å². The van der Waals surface area contributed by atoms with Crippen LogP contribution in [0.3, 0.4) is 0 Å². The zero-order chi connectivity index (χ0) is 15.6. The van der Waals surface area contributed by atoms with Crippen LogP contribution in [0, 0.1) is 0 Å². The number of phenols is 2. The molecule has 0 atom stereocenters. The molecule has 0 aromatic heterocycles. The molecular weight excluding hydrogens is 268 g/mol. The quantitative estimate of drug-likeness (QED) is 0.696. The van der Waals surface area contributed by atoms with E-state index in [2.05, 4.69) is 0 Å². The van der Waals surface area contributed by atoms with Crippen molar-refractivity contribution in [2.24, 2.45) is 0 Å². The summed E-state index contributed by atoms with van der Waals surface area (Å²) in [4.78, 5) is 0. The van der Waals surface area contributed by atoms with Crippen LogP contribution in [0.4, 0.5) is 0 Å². The SMILES string of the molecule is CC(C)(c1ccc(O)c(CO)c1)c1ccc(O)c(CO)c1. The topological polar surface area (TPSA) is 80.9 Å². The Morgan fingerprint density at radius 3 is 1.48 bits per heavy atom. The van der Waals surface area contributed by atoms with Crippen molar-refractivity contribution in [1.82, 2.24) is 0 Å². The van der Waals surface area contributed by atoms with Gasteiger partial charge in [0, 0.05) is 16.5 Å². The Labute approximate surface area is 123 Å². The van der Waals surface area contributed by atoms with Crippen LogP contribution in [0.15, 0.2) is 36.4 Å². The summed E-state index contributed by atoms with van der Waals surface area (Å²) in [6.07, 6.45) is 0. The molecule has 0 saturated carbocycles. The first-order chi connectivity index (χ1) is 9.90. The highest BCUT2D eigenvalue weighted by Crippen LogP contribution is 2.35. The van der Waals surface area contributed by atoms with Gasteiger partial charge in [-0.15, -0.1) is 0 Å². The number of aliphatic hydroxyl groups is 2. The zero-order valence-corrected chi connectivity index (χ0v) is 12.2. The fraction of sp³-hybridized carbons (Fsp3) is 0.294. The zero-order valence-electron chi connectivity index (χ0n) is 12.2. The van der Waals surface area contributed by atoms with Crippen molar-refractivity contribution in [3.63, 3.8) is 0 Å². The lowest BCUT2D eigenvalue weighted by molar-refractivity contribution is 0.275. The Kier molecular flexibility index (Phi) is 4.21. The molecule has 0 spiro atoms. The number of aliphatic hydroxyl groups excluding tert-OH is 2. The van der Waals surface area contributed by atoms with Crippen LogP contribution >= 0.6 is 0 Å². The highest BCUT2D eigenvalue weighted by atomic mass is 16.3. The average molecular weight is 288 g/mol. The van der Waals surface area contributed by atoms with Crippen molar-refractivity contribution in [2.75, 3.05) is 0 Å². The third-order valence-corrected chi connectivity index (χ3v) is 3.94. The summed E-state index contributed by atoms with van der Waals surface area (Å²) in [5.41, 5.74) is 2.41. The standard InChI is InChI=1S/C17H20O4/c1-17(2,13-3-5-15(20)11(7-13)9-18)14-4-6-16(21)12(8-14)10-19/h3-8,18-21H,9-10H2,1-2H3. The van der Waals surface area contributed by atoms with Gasteiger partial charge in [-0.25, -0.2) is 0 Å². The predicted molar refractivity (Wildman–Crippen MR) is 80.2 cm³/mol. The van der Waals surface area contributed by atoms with E-state index in [1.54, 1.807) is 36.4 Å². The Bertz CT molecular complexity index is 592. The van der Waals surface area contributed by atoms with Crippen LogP contribution in [0.5, 0.6) is 11.5 Å². The second kappa shape index (κ2) is 5.76. The summed E-state index contributed by atoms with van der Waals surface area (Å²) < 4.78 is 0. The van der Waals surface area contributed by atoms with Gasteiger partial charge in [0.2, 0.25) is 0 Å². The monoisotopic (exact) mass is 288 g/mol. The van der Waals surface area contributed by atoms with E-state index in [-0.39, 0.29) is 24.7 Å². The Morgan fingerprint density at radius 1 is 0.762 bits per heavy atom. The van der Waals surface area contributed by atoms with E-state index in [1.807, 2.05) is 13.8 Å². The molecule has 21 heavy (non-hydrogen) atoms. The van der Waals surface area contributed by atoms with Crippen LogP contribution in [-0.4, -0.2) is 20.4 Å². The molecule has 4 nitrogen and oxygen atoms in total. The molecule has 0 saturated heterocycles. The summed E-state index contributed by atoms with van der Waals surface area (Å²) in [5.74, 6) is 0.137. The molecule has 112 valence electrons. The van der Waals surface area contributed by atoms with E-state index in [4.69, 9.17) is 0 Å². The fourth-order valence-corrected chi connectivity index (χ4v) is 2.37. The molecule has 0 aliphatic rings. The molecular formula is C17H20O4. The van der Waals surface area contributed by atoms with Crippen LogP contribution < -0.4 is 0 Å². The predicted octanol–water partition coefficient (Wildman–Crippen LogP) is 2.41. The maximum absolute atomic E-state index is 9.66. The van der Waals surface area contributed by atoms with E-state index in [0.29, 0.717) is 11.1 Å². The van der Waals surface area contributed by atoms with Gasteiger partial charge >= 0.3 is 0 Å². The summed E-state index contributed by atoms with van der Waals surface area (Å²) in [5, 5.41) is 37.9. The highest BCUT2D eigenvalue weighted by molar-refractivity contribution is 5.46. The fourth-order valence-electron chi connectivity index (χ4n) is 2.37. The normalized spacial score (nSPS) is 11.6. The van der Waals surface area contributed by atoms with Crippen molar-refractivity contribution in [2.45, 2.75) is 32.5 Å². The summed E-state index contributed by atoms with van der Waals surface area (Å²) in [6.45, 7) is 3.56. The largest absolute Gasteiger partial charge is 0.508 e. The minimum absolute atomic E-state index is 0.0683. The summed E-state index contributed by atoms with van der Waals surface area (Å²) in [6, 6.07) is 10.3. The van der Waals surface area contributed by atoms with Gasteiger partial charge in [-0.3, -0.25) is 0 Å². The van der Waals surface area contributed by atoms with Crippen LogP contribution in [-0.2, 0) is 18.6 Å². The molecule has 4 heteroatoms. The molecule has 4 N–H and O–H groups in total. The van der Waals surface area contributed by atoms with Gasteiger partial charge in [-0.2, -0.15) is 0 Å². The van der Waals surface area contributed by atoms with Crippen molar-refractivity contribution in [3.8, 4) is 11.5 Å². The van der Waals surface area contributed by atoms with E-state index in [9.17, 15) is 20.4 Å². The van der Waals surface area contributed by atoms with E-state index in [0.717, 1.165) is 11.1 Å². The molecule has 0 aliphatic heterocycles. The maximum Gasteiger partial charge on any atom is 0.121 e. The van der Waals surface area contributed by atoms with Gasteiger partial charge in [0.05, 0.1) is 13.2 Å². The Balaban J connectivity index is 2.50. The van der Waals surface area contributed by atoms with Crippen molar-refractivity contribution in [1.29, 1.82) is 0 Å².